The highest BCUT2D eigenvalue weighted by Gasteiger charge is 2.33. The fraction of sp³-hybridized carbons (Fsp3) is 0.333. The average Bonchev–Trinajstić information content (AvgIpc) is 3.19. The summed E-state index contributed by atoms with van der Waals surface area (Å²) in [4.78, 5) is 22.4. The highest BCUT2D eigenvalue weighted by Crippen LogP contribution is 2.38. The van der Waals surface area contributed by atoms with Gasteiger partial charge in [0.25, 0.3) is 0 Å². The highest BCUT2D eigenvalue weighted by molar-refractivity contribution is 7.24. The molecule has 2 aromatic heterocycles. The fourth-order valence-corrected chi connectivity index (χ4v) is 4.33. The van der Waals surface area contributed by atoms with E-state index in [4.69, 9.17) is 4.84 Å². The smallest absolute Gasteiger partial charge is 0.367 e. The molecule has 0 saturated heterocycles. The van der Waals surface area contributed by atoms with Gasteiger partial charge in [-0.05, 0) is 30.3 Å². The van der Waals surface area contributed by atoms with Crippen LogP contribution in [0.1, 0.15) is 25.6 Å². The standard InChI is InChI=1S/C18H20N2O2S2/c1-18(2,3)16-12(17(21)22-19-16)10-11-6-7-13(23-11)14-8-9-15(24-14)20(4)5/h6-10H,1-5H3. The number of thiophene rings is 2. The van der Waals surface area contributed by atoms with Gasteiger partial charge in [-0.1, -0.05) is 25.9 Å². The molecule has 0 unspecified atom stereocenters. The first kappa shape index (κ1) is 16.9. The molecule has 0 radical (unpaired) electrons. The molecule has 0 amide bonds. The molecule has 0 aliphatic carbocycles. The normalized spacial score (nSPS) is 16.5. The molecule has 0 fully saturated rings. The van der Waals surface area contributed by atoms with Crippen LogP contribution in [0.2, 0.25) is 0 Å². The van der Waals surface area contributed by atoms with E-state index in [2.05, 4.69) is 28.3 Å². The van der Waals surface area contributed by atoms with Crippen molar-refractivity contribution < 1.29 is 9.63 Å². The van der Waals surface area contributed by atoms with Crippen molar-refractivity contribution in [2.24, 2.45) is 10.6 Å². The Morgan fingerprint density at radius 2 is 1.75 bits per heavy atom. The van der Waals surface area contributed by atoms with Gasteiger partial charge in [0.05, 0.1) is 10.6 Å². The summed E-state index contributed by atoms with van der Waals surface area (Å²) in [5, 5.41) is 5.18. The lowest BCUT2D eigenvalue weighted by Crippen LogP contribution is -2.21. The summed E-state index contributed by atoms with van der Waals surface area (Å²) < 4.78 is 0. The minimum Gasteiger partial charge on any atom is -0.370 e. The molecular formula is C18H20N2O2S2. The monoisotopic (exact) mass is 360 g/mol. The summed E-state index contributed by atoms with van der Waals surface area (Å²) in [6.07, 6.45) is 1.88. The molecule has 0 saturated carbocycles. The Morgan fingerprint density at radius 1 is 1.08 bits per heavy atom. The molecule has 2 aromatic rings. The number of hydrogen-bond donors (Lipinski definition) is 0. The predicted octanol–water partition coefficient (Wildman–Crippen LogP) is 4.88. The first-order valence-electron chi connectivity index (χ1n) is 7.65. The number of carbonyl (C=O) groups is 1. The zero-order valence-electron chi connectivity index (χ0n) is 14.4. The van der Waals surface area contributed by atoms with Crippen molar-refractivity contribution in [2.75, 3.05) is 19.0 Å². The Balaban J connectivity index is 1.90. The molecule has 6 heteroatoms. The Labute approximate surface area is 150 Å². The summed E-state index contributed by atoms with van der Waals surface area (Å²) in [5.74, 6) is -0.374. The molecule has 1 aliphatic heterocycles. The van der Waals surface area contributed by atoms with Crippen molar-refractivity contribution in [2.45, 2.75) is 20.8 Å². The number of nitrogens with zero attached hydrogens (tertiary/aromatic N) is 2. The van der Waals surface area contributed by atoms with Gasteiger partial charge in [0, 0.05) is 34.1 Å². The summed E-state index contributed by atoms with van der Waals surface area (Å²) >= 11 is 3.42. The number of anilines is 1. The minimum absolute atomic E-state index is 0.230. The predicted molar refractivity (Wildman–Crippen MR) is 103 cm³/mol. The third-order valence-electron chi connectivity index (χ3n) is 3.59. The minimum atomic E-state index is -0.374. The average molecular weight is 361 g/mol. The summed E-state index contributed by atoms with van der Waals surface area (Å²) in [5.41, 5.74) is 1.02. The largest absolute Gasteiger partial charge is 0.370 e. The van der Waals surface area contributed by atoms with E-state index in [1.165, 1.54) is 14.8 Å². The number of oxime groups is 1. The van der Waals surface area contributed by atoms with Crippen molar-refractivity contribution in [3.63, 3.8) is 0 Å². The lowest BCUT2D eigenvalue weighted by molar-refractivity contribution is -0.136. The van der Waals surface area contributed by atoms with Crippen molar-refractivity contribution in [1.29, 1.82) is 0 Å². The molecule has 0 N–H and O–H groups in total. The third-order valence-corrected chi connectivity index (χ3v) is 6.08. The van der Waals surface area contributed by atoms with Gasteiger partial charge in [0.1, 0.15) is 5.71 Å². The second kappa shape index (κ2) is 6.18. The first-order chi connectivity index (χ1) is 11.3. The van der Waals surface area contributed by atoms with Crippen molar-refractivity contribution in [1.82, 2.24) is 0 Å². The SMILES string of the molecule is CN(C)c1ccc(-c2ccc(C=C3C(=O)ON=C3C(C)(C)C)s2)s1. The second-order valence-corrected chi connectivity index (χ2v) is 9.04. The number of hydrogen-bond acceptors (Lipinski definition) is 6. The van der Waals surface area contributed by atoms with Crippen molar-refractivity contribution >= 4 is 45.4 Å². The van der Waals surface area contributed by atoms with E-state index < -0.39 is 0 Å². The van der Waals surface area contributed by atoms with E-state index in [9.17, 15) is 4.79 Å². The summed E-state index contributed by atoms with van der Waals surface area (Å²) in [7, 11) is 4.08. The second-order valence-electron chi connectivity index (χ2n) is 6.86. The van der Waals surface area contributed by atoms with Crippen LogP contribution in [-0.2, 0) is 9.63 Å². The van der Waals surface area contributed by atoms with Gasteiger partial charge in [-0.15, -0.1) is 22.7 Å². The zero-order chi connectivity index (χ0) is 17.5. The lowest BCUT2D eigenvalue weighted by atomic mass is 9.85. The van der Waals surface area contributed by atoms with Gasteiger partial charge >= 0.3 is 5.97 Å². The number of carbonyl (C=O) groups excluding carboxylic acids is 1. The van der Waals surface area contributed by atoms with E-state index in [0.29, 0.717) is 11.3 Å². The van der Waals surface area contributed by atoms with Gasteiger partial charge in [-0.3, -0.25) is 0 Å². The Kier molecular flexibility index (Phi) is 4.36. The molecule has 0 aromatic carbocycles. The van der Waals surface area contributed by atoms with E-state index >= 15 is 0 Å². The van der Waals surface area contributed by atoms with Gasteiger partial charge in [-0.2, -0.15) is 0 Å². The van der Waals surface area contributed by atoms with Gasteiger partial charge < -0.3 is 9.74 Å². The third kappa shape index (κ3) is 3.30. The van der Waals surface area contributed by atoms with Gasteiger partial charge in [-0.25, -0.2) is 4.79 Å². The van der Waals surface area contributed by atoms with E-state index in [0.717, 1.165) is 4.88 Å². The van der Waals surface area contributed by atoms with E-state index in [-0.39, 0.29) is 11.4 Å². The van der Waals surface area contributed by atoms with Crippen LogP contribution in [0.25, 0.3) is 15.8 Å². The molecule has 0 spiro atoms. The van der Waals surface area contributed by atoms with Gasteiger partial charge in [0.2, 0.25) is 0 Å². The maximum Gasteiger partial charge on any atom is 0.367 e. The maximum absolute atomic E-state index is 12.0. The van der Waals surface area contributed by atoms with Crippen LogP contribution in [0.4, 0.5) is 5.00 Å². The van der Waals surface area contributed by atoms with Gasteiger partial charge in [0.15, 0.2) is 0 Å². The lowest BCUT2D eigenvalue weighted by Gasteiger charge is -2.16. The topological polar surface area (TPSA) is 41.9 Å². The Hall–Kier alpha value is -1.92. The molecule has 3 heterocycles. The number of rotatable bonds is 3. The molecule has 0 bridgehead atoms. The molecular weight excluding hydrogens is 340 g/mol. The molecule has 3 rings (SSSR count). The quantitative estimate of drug-likeness (QED) is 0.578. The van der Waals surface area contributed by atoms with Crippen LogP contribution < -0.4 is 4.90 Å². The summed E-state index contributed by atoms with van der Waals surface area (Å²) in [6.45, 7) is 6.07. The van der Waals surface area contributed by atoms with E-state index in [1.54, 1.807) is 22.7 Å². The van der Waals surface area contributed by atoms with Crippen LogP contribution >= 0.6 is 22.7 Å². The van der Waals surface area contributed by atoms with Crippen molar-refractivity contribution in [3.8, 4) is 9.75 Å². The molecule has 126 valence electrons. The van der Waals surface area contributed by atoms with Crippen LogP contribution in [0, 0.1) is 5.41 Å². The molecule has 24 heavy (non-hydrogen) atoms. The Bertz CT molecular complexity index is 835. The van der Waals surface area contributed by atoms with E-state index in [1.807, 2.05) is 47.0 Å². The fourth-order valence-electron chi connectivity index (χ4n) is 2.36. The molecule has 4 nitrogen and oxygen atoms in total. The zero-order valence-corrected chi connectivity index (χ0v) is 16.0. The highest BCUT2D eigenvalue weighted by atomic mass is 32.1. The summed E-state index contributed by atoms with van der Waals surface area (Å²) in [6, 6.07) is 8.38. The van der Waals surface area contributed by atoms with Crippen LogP contribution in [0.3, 0.4) is 0 Å². The molecule has 0 atom stereocenters. The van der Waals surface area contributed by atoms with Crippen LogP contribution in [-0.4, -0.2) is 25.8 Å². The maximum atomic E-state index is 12.0. The first-order valence-corrected chi connectivity index (χ1v) is 9.28. The van der Waals surface area contributed by atoms with Crippen LogP contribution in [0.15, 0.2) is 35.0 Å². The molecule has 1 aliphatic rings. The Morgan fingerprint density at radius 3 is 2.38 bits per heavy atom. The van der Waals surface area contributed by atoms with Crippen LogP contribution in [0.5, 0.6) is 0 Å². The van der Waals surface area contributed by atoms with Crippen molar-refractivity contribution in [3.05, 3.63) is 34.7 Å².